The van der Waals surface area contributed by atoms with Gasteiger partial charge in [-0.15, -0.1) is 0 Å². The molecule has 0 bridgehead atoms. The van der Waals surface area contributed by atoms with Crippen molar-refractivity contribution in [2.75, 3.05) is 76.3 Å². The van der Waals surface area contributed by atoms with E-state index in [0.29, 0.717) is 17.4 Å². The molecule has 0 atom stereocenters. The van der Waals surface area contributed by atoms with Crippen molar-refractivity contribution in [1.29, 1.82) is 0 Å². The fourth-order valence-electron chi connectivity index (χ4n) is 8.36. The second-order valence-corrected chi connectivity index (χ2v) is 18.0. The molecule has 2 fully saturated rings. The van der Waals surface area contributed by atoms with Gasteiger partial charge in [0.15, 0.2) is 0 Å². The van der Waals surface area contributed by atoms with E-state index in [0.717, 1.165) is 128 Å². The van der Waals surface area contributed by atoms with Crippen LogP contribution < -0.4 is 27.0 Å². The minimum Gasteiger partial charge on any atom is -0.338 e. The normalized spacial score (nSPS) is 20.6. The lowest BCUT2D eigenvalue weighted by Crippen LogP contribution is -2.63. The summed E-state index contributed by atoms with van der Waals surface area (Å²) in [5.41, 5.74) is 16.6. The maximum absolute atomic E-state index is 6.72. The molecule has 0 saturated carbocycles. The summed E-state index contributed by atoms with van der Waals surface area (Å²) in [6.07, 6.45) is 10.8. The average molecular weight is 739 g/mol. The Morgan fingerprint density at radius 1 is 0.569 bits per heavy atom. The summed E-state index contributed by atoms with van der Waals surface area (Å²) in [7, 11) is 4.53. The molecule has 298 valence electrons. The number of nitrogens with two attached hydrogens (primary N) is 3. The van der Waals surface area contributed by atoms with Crippen LogP contribution in [0.2, 0.25) is 5.28 Å². The first-order chi connectivity index (χ1) is 23.8. The Bertz CT molecular complexity index is 1030. The van der Waals surface area contributed by atoms with E-state index in [9.17, 15) is 0 Å². The maximum Gasteiger partial charge on any atom is 0.231 e. The molecule has 3 rings (SSSR count). The molecule has 3 heterocycles. The van der Waals surface area contributed by atoms with E-state index >= 15 is 0 Å². The number of aromatic nitrogens is 3. The molecule has 0 aromatic carbocycles. The van der Waals surface area contributed by atoms with Crippen LogP contribution >= 0.6 is 11.6 Å². The zero-order chi connectivity index (χ0) is 38.6. The Morgan fingerprint density at radius 3 is 1.22 bits per heavy atom. The summed E-state index contributed by atoms with van der Waals surface area (Å²) >= 11 is 6.72. The number of piperidine rings is 2. The predicted molar refractivity (Wildman–Crippen MR) is 220 cm³/mol. The predicted octanol–water partition coefficient (Wildman–Crippen LogP) is 5.99. The number of hydrogen-bond donors (Lipinski definition) is 3. The van der Waals surface area contributed by atoms with Gasteiger partial charge < -0.3 is 31.9 Å². The molecule has 0 spiro atoms. The van der Waals surface area contributed by atoms with Crippen molar-refractivity contribution in [3.05, 3.63) is 5.28 Å². The fourth-order valence-corrected chi connectivity index (χ4v) is 8.51. The van der Waals surface area contributed by atoms with Gasteiger partial charge in [0.1, 0.15) is 0 Å². The summed E-state index contributed by atoms with van der Waals surface area (Å²) in [5, 5.41) is 0.302. The molecule has 2 aliphatic rings. The SMILES string of the molecule is CCCCN(c1nc(Cl)nc(N(CCCC)C2CC(C)(C)N(C)C(C)(C)C2)n1)C1CC(C)(C)N(C)C(C)(C)C1.NCCCN(CCN)CCCN. The van der Waals surface area contributed by atoms with Gasteiger partial charge in [0, 0.05) is 60.4 Å². The fraction of sp³-hybridized carbons (Fsp3) is 0.923. The Hall–Kier alpha value is -1.34. The third kappa shape index (κ3) is 13.2. The van der Waals surface area contributed by atoms with Crippen molar-refractivity contribution in [3.8, 4) is 0 Å². The highest BCUT2D eigenvalue weighted by atomic mass is 35.5. The van der Waals surface area contributed by atoms with Crippen molar-refractivity contribution < 1.29 is 0 Å². The quantitative estimate of drug-likeness (QED) is 0.164. The molecule has 0 amide bonds. The number of hydrogen-bond acceptors (Lipinski definition) is 11. The van der Waals surface area contributed by atoms with Crippen LogP contribution in [0.3, 0.4) is 0 Å². The number of likely N-dealkylation sites (tertiary alicyclic amines) is 2. The molecule has 2 saturated heterocycles. The molecule has 1 aromatic heterocycles. The van der Waals surface area contributed by atoms with Crippen LogP contribution in [0, 0.1) is 0 Å². The lowest BCUT2D eigenvalue weighted by molar-refractivity contribution is -0.0130. The molecule has 11 nitrogen and oxygen atoms in total. The average Bonchev–Trinajstić information content (AvgIpc) is 3.03. The standard InChI is InChI=1S/C31H58ClN7.C8H22N4/c1-13-15-17-38(23-19-28(3,4)36(11)29(5,6)20-23)26-33-25(32)34-27(35-26)39(18-16-14-2)24-21-30(7,8)37(12)31(9,10)22-24;9-3-1-6-12(8-5-11)7-2-4-10/h23-24H,13-22H2,1-12H3;1-11H2. The largest absolute Gasteiger partial charge is 0.338 e. The summed E-state index contributed by atoms with van der Waals surface area (Å²) < 4.78 is 0. The number of halogens is 1. The van der Waals surface area contributed by atoms with E-state index in [-0.39, 0.29) is 22.2 Å². The van der Waals surface area contributed by atoms with Gasteiger partial charge in [-0.05, 0) is 159 Å². The minimum absolute atomic E-state index is 0.0784. The van der Waals surface area contributed by atoms with Crippen molar-refractivity contribution in [3.63, 3.8) is 0 Å². The first-order valence-corrected chi connectivity index (χ1v) is 20.4. The van der Waals surface area contributed by atoms with Gasteiger partial charge in [0.2, 0.25) is 17.2 Å². The van der Waals surface area contributed by atoms with Crippen LogP contribution in [-0.4, -0.2) is 130 Å². The lowest BCUT2D eigenvalue weighted by Gasteiger charge is -2.56. The van der Waals surface area contributed by atoms with E-state index in [1.165, 1.54) is 0 Å². The van der Waals surface area contributed by atoms with Crippen LogP contribution in [0.25, 0.3) is 0 Å². The number of anilines is 2. The van der Waals surface area contributed by atoms with Gasteiger partial charge in [0.25, 0.3) is 0 Å². The van der Waals surface area contributed by atoms with Gasteiger partial charge in [0.05, 0.1) is 0 Å². The summed E-state index contributed by atoms with van der Waals surface area (Å²) in [4.78, 5) is 27.1. The molecule has 51 heavy (non-hydrogen) atoms. The van der Waals surface area contributed by atoms with Crippen LogP contribution in [-0.2, 0) is 0 Å². The van der Waals surface area contributed by atoms with Gasteiger partial charge in [-0.2, -0.15) is 15.0 Å². The molecule has 6 N–H and O–H groups in total. The second-order valence-electron chi connectivity index (χ2n) is 17.7. The van der Waals surface area contributed by atoms with Gasteiger partial charge in [-0.3, -0.25) is 9.80 Å². The highest BCUT2D eigenvalue weighted by molar-refractivity contribution is 6.28. The Labute approximate surface area is 318 Å². The molecule has 0 unspecified atom stereocenters. The smallest absolute Gasteiger partial charge is 0.231 e. The summed E-state index contributed by atoms with van der Waals surface area (Å²) in [5.74, 6) is 1.49. The highest BCUT2D eigenvalue weighted by Crippen LogP contribution is 2.42. The number of nitrogens with zero attached hydrogens (tertiary/aromatic N) is 8. The molecule has 1 aromatic rings. The van der Waals surface area contributed by atoms with Gasteiger partial charge in [-0.25, -0.2) is 0 Å². The number of unbranched alkanes of at least 4 members (excludes halogenated alkanes) is 2. The summed E-state index contributed by atoms with van der Waals surface area (Å²) in [6, 6.07) is 0.684. The Kier molecular flexibility index (Phi) is 18.3. The topological polar surface area (TPSA) is 133 Å². The van der Waals surface area contributed by atoms with Crippen molar-refractivity contribution >= 4 is 23.5 Å². The Morgan fingerprint density at radius 2 is 0.922 bits per heavy atom. The van der Waals surface area contributed by atoms with E-state index in [1.807, 2.05) is 0 Å². The molecule has 2 aliphatic heterocycles. The second kappa shape index (κ2) is 20.4. The van der Waals surface area contributed by atoms with Gasteiger partial charge in [-0.1, -0.05) is 26.7 Å². The number of rotatable bonds is 18. The van der Waals surface area contributed by atoms with Crippen molar-refractivity contribution in [2.24, 2.45) is 17.2 Å². The maximum atomic E-state index is 6.72. The zero-order valence-electron chi connectivity index (χ0n) is 35.1. The molecule has 0 aliphatic carbocycles. The lowest BCUT2D eigenvalue weighted by atomic mass is 9.77. The monoisotopic (exact) mass is 738 g/mol. The summed E-state index contributed by atoms with van der Waals surface area (Å²) in [6.45, 7) is 30.5. The van der Waals surface area contributed by atoms with Crippen LogP contribution in [0.5, 0.6) is 0 Å². The van der Waals surface area contributed by atoms with Crippen LogP contribution in [0.1, 0.15) is 133 Å². The van der Waals surface area contributed by atoms with Crippen LogP contribution in [0.15, 0.2) is 0 Å². The Balaban J connectivity index is 0.000000641. The molecular formula is C39H80ClN11. The third-order valence-corrected chi connectivity index (χ3v) is 12.0. The van der Waals surface area contributed by atoms with Crippen molar-refractivity contribution in [2.45, 2.75) is 168 Å². The van der Waals surface area contributed by atoms with Gasteiger partial charge >= 0.3 is 0 Å². The van der Waals surface area contributed by atoms with E-state index in [4.69, 9.17) is 43.8 Å². The third-order valence-electron chi connectivity index (χ3n) is 11.9. The highest BCUT2D eigenvalue weighted by Gasteiger charge is 2.47. The van der Waals surface area contributed by atoms with E-state index < -0.39 is 0 Å². The molecule has 12 heteroatoms. The minimum atomic E-state index is 0.0784. The first-order valence-electron chi connectivity index (χ1n) is 20.1. The van der Waals surface area contributed by atoms with E-state index in [1.54, 1.807) is 0 Å². The molecular weight excluding hydrogens is 658 g/mol. The van der Waals surface area contributed by atoms with Crippen molar-refractivity contribution in [1.82, 2.24) is 29.7 Å². The molecule has 0 radical (unpaired) electrons. The van der Waals surface area contributed by atoms with Crippen LogP contribution in [0.4, 0.5) is 11.9 Å². The first kappa shape index (κ1) is 45.8. The zero-order valence-corrected chi connectivity index (χ0v) is 35.8. The van der Waals surface area contributed by atoms with E-state index in [2.05, 4.69) is 108 Å².